The van der Waals surface area contributed by atoms with Crippen LogP contribution in [0.2, 0.25) is 0 Å². The van der Waals surface area contributed by atoms with E-state index in [1.165, 1.54) is 5.56 Å². The van der Waals surface area contributed by atoms with E-state index in [1.54, 1.807) is 6.20 Å². The maximum absolute atomic E-state index is 5.84. The van der Waals surface area contributed by atoms with Gasteiger partial charge in [0.2, 0.25) is 0 Å². The fourth-order valence-electron chi connectivity index (χ4n) is 1.95. The SMILES string of the molecule is Cc1cnccc1NC(CN)Cc1ccccc1. The first-order valence-corrected chi connectivity index (χ1v) is 6.20. The average molecular weight is 241 g/mol. The molecule has 94 valence electrons. The molecule has 2 aromatic rings. The lowest BCUT2D eigenvalue weighted by molar-refractivity contribution is 0.723. The van der Waals surface area contributed by atoms with Crippen LogP contribution >= 0.6 is 0 Å². The molecule has 1 atom stereocenters. The van der Waals surface area contributed by atoms with Crippen LogP contribution in [0, 0.1) is 6.92 Å². The first kappa shape index (κ1) is 12.6. The molecule has 0 fully saturated rings. The van der Waals surface area contributed by atoms with Crippen LogP contribution < -0.4 is 11.1 Å². The molecule has 1 aromatic carbocycles. The first-order chi connectivity index (χ1) is 8.79. The highest BCUT2D eigenvalue weighted by Gasteiger charge is 2.08. The number of pyridine rings is 1. The molecule has 2 rings (SSSR count). The normalized spacial score (nSPS) is 12.1. The highest BCUT2D eigenvalue weighted by Crippen LogP contribution is 2.14. The summed E-state index contributed by atoms with van der Waals surface area (Å²) in [6, 6.07) is 12.6. The van der Waals surface area contributed by atoms with Crippen molar-refractivity contribution in [2.24, 2.45) is 5.73 Å². The van der Waals surface area contributed by atoms with Gasteiger partial charge < -0.3 is 11.1 Å². The van der Waals surface area contributed by atoms with E-state index in [4.69, 9.17) is 5.73 Å². The molecule has 1 unspecified atom stereocenters. The number of nitrogens with zero attached hydrogens (tertiary/aromatic N) is 1. The fraction of sp³-hybridized carbons (Fsp3) is 0.267. The molecule has 0 aliphatic heterocycles. The highest BCUT2D eigenvalue weighted by atomic mass is 14.9. The van der Waals surface area contributed by atoms with Crippen molar-refractivity contribution in [2.45, 2.75) is 19.4 Å². The van der Waals surface area contributed by atoms with Gasteiger partial charge in [-0.3, -0.25) is 4.98 Å². The average Bonchev–Trinajstić information content (AvgIpc) is 2.41. The third-order valence-electron chi connectivity index (χ3n) is 2.99. The lowest BCUT2D eigenvalue weighted by Gasteiger charge is -2.19. The molecule has 3 nitrogen and oxygen atoms in total. The van der Waals surface area contributed by atoms with E-state index in [-0.39, 0.29) is 6.04 Å². The van der Waals surface area contributed by atoms with Crippen LogP contribution in [0.4, 0.5) is 5.69 Å². The molecule has 0 aliphatic carbocycles. The van der Waals surface area contributed by atoms with Gasteiger partial charge in [0.15, 0.2) is 0 Å². The van der Waals surface area contributed by atoms with Crippen molar-refractivity contribution in [3.8, 4) is 0 Å². The van der Waals surface area contributed by atoms with Crippen LogP contribution in [-0.4, -0.2) is 17.6 Å². The largest absolute Gasteiger partial charge is 0.380 e. The Morgan fingerprint density at radius 3 is 2.67 bits per heavy atom. The van der Waals surface area contributed by atoms with E-state index < -0.39 is 0 Å². The Morgan fingerprint density at radius 2 is 2.00 bits per heavy atom. The predicted molar refractivity (Wildman–Crippen MR) is 75.6 cm³/mol. The molecule has 0 bridgehead atoms. The lowest BCUT2D eigenvalue weighted by Crippen LogP contribution is -2.31. The van der Waals surface area contributed by atoms with E-state index in [0.29, 0.717) is 6.54 Å². The standard InChI is InChI=1S/C15H19N3/c1-12-11-17-8-7-15(12)18-14(10-16)9-13-5-3-2-4-6-13/h2-8,11,14H,9-10,16H2,1H3,(H,17,18). The van der Waals surface area contributed by atoms with Gasteiger partial charge in [-0.15, -0.1) is 0 Å². The van der Waals surface area contributed by atoms with Crippen LogP contribution in [0.5, 0.6) is 0 Å². The van der Waals surface area contributed by atoms with Gasteiger partial charge in [-0.2, -0.15) is 0 Å². The molecule has 0 aliphatic rings. The van der Waals surface area contributed by atoms with Gasteiger partial charge >= 0.3 is 0 Å². The monoisotopic (exact) mass is 241 g/mol. The molecule has 0 saturated heterocycles. The van der Waals surface area contributed by atoms with Crippen LogP contribution in [-0.2, 0) is 6.42 Å². The number of nitrogens with one attached hydrogen (secondary N) is 1. The van der Waals surface area contributed by atoms with Gasteiger partial charge in [-0.25, -0.2) is 0 Å². The molecule has 1 aromatic heterocycles. The molecule has 3 N–H and O–H groups in total. The Kier molecular flexibility index (Phi) is 4.31. The molecule has 18 heavy (non-hydrogen) atoms. The zero-order chi connectivity index (χ0) is 12.8. The Labute approximate surface area is 108 Å². The Morgan fingerprint density at radius 1 is 1.22 bits per heavy atom. The molecule has 3 heteroatoms. The molecule has 1 heterocycles. The Hall–Kier alpha value is -1.87. The minimum Gasteiger partial charge on any atom is -0.380 e. The van der Waals surface area contributed by atoms with E-state index in [0.717, 1.165) is 17.7 Å². The van der Waals surface area contributed by atoms with E-state index in [1.807, 2.05) is 25.3 Å². The lowest BCUT2D eigenvalue weighted by atomic mass is 10.1. The number of rotatable bonds is 5. The minimum atomic E-state index is 0.244. The van der Waals surface area contributed by atoms with Crippen molar-refractivity contribution in [2.75, 3.05) is 11.9 Å². The van der Waals surface area contributed by atoms with E-state index in [2.05, 4.69) is 34.6 Å². The highest BCUT2D eigenvalue weighted by molar-refractivity contribution is 5.49. The summed E-state index contributed by atoms with van der Waals surface area (Å²) in [5.41, 5.74) is 9.39. The topological polar surface area (TPSA) is 50.9 Å². The van der Waals surface area contributed by atoms with Crippen LogP contribution in [0.25, 0.3) is 0 Å². The summed E-state index contributed by atoms with van der Waals surface area (Å²) in [6.07, 6.45) is 4.59. The van der Waals surface area contributed by atoms with Crippen LogP contribution in [0.3, 0.4) is 0 Å². The summed E-state index contributed by atoms with van der Waals surface area (Å²) in [7, 11) is 0. The van der Waals surface area contributed by atoms with Crippen molar-refractivity contribution in [3.63, 3.8) is 0 Å². The fourth-order valence-corrected chi connectivity index (χ4v) is 1.95. The number of hydrogen-bond donors (Lipinski definition) is 2. The number of anilines is 1. The quantitative estimate of drug-likeness (QED) is 0.845. The summed E-state index contributed by atoms with van der Waals surface area (Å²) in [6.45, 7) is 2.65. The number of hydrogen-bond acceptors (Lipinski definition) is 3. The zero-order valence-corrected chi connectivity index (χ0v) is 10.6. The Bertz CT molecular complexity index is 482. The smallest absolute Gasteiger partial charge is 0.0424 e. The van der Waals surface area contributed by atoms with E-state index in [9.17, 15) is 0 Å². The van der Waals surface area contributed by atoms with Crippen molar-refractivity contribution < 1.29 is 0 Å². The summed E-state index contributed by atoms with van der Waals surface area (Å²) >= 11 is 0. The third-order valence-corrected chi connectivity index (χ3v) is 2.99. The molecule has 0 amide bonds. The number of nitrogens with two attached hydrogens (primary N) is 1. The van der Waals surface area contributed by atoms with Gasteiger partial charge in [0.25, 0.3) is 0 Å². The summed E-state index contributed by atoms with van der Waals surface area (Å²) in [5.74, 6) is 0. The second kappa shape index (κ2) is 6.17. The molecule has 0 radical (unpaired) electrons. The van der Waals surface area contributed by atoms with Crippen molar-refractivity contribution >= 4 is 5.69 Å². The van der Waals surface area contributed by atoms with Gasteiger partial charge in [0.05, 0.1) is 0 Å². The van der Waals surface area contributed by atoms with Crippen molar-refractivity contribution in [1.82, 2.24) is 4.98 Å². The summed E-state index contributed by atoms with van der Waals surface area (Å²) in [5, 5.41) is 3.48. The first-order valence-electron chi connectivity index (χ1n) is 6.20. The van der Waals surface area contributed by atoms with Crippen molar-refractivity contribution in [1.29, 1.82) is 0 Å². The van der Waals surface area contributed by atoms with E-state index >= 15 is 0 Å². The molecular weight excluding hydrogens is 222 g/mol. The molecule has 0 saturated carbocycles. The third kappa shape index (κ3) is 3.31. The van der Waals surface area contributed by atoms with Gasteiger partial charge in [0, 0.05) is 30.7 Å². The molecular formula is C15H19N3. The van der Waals surface area contributed by atoms with Crippen LogP contribution in [0.1, 0.15) is 11.1 Å². The second-order valence-electron chi connectivity index (χ2n) is 4.46. The predicted octanol–water partition coefficient (Wildman–Crippen LogP) is 2.37. The Balaban J connectivity index is 2.04. The maximum atomic E-state index is 5.84. The molecule has 0 spiro atoms. The number of aryl methyl sites for hydroxylation is 1. The maximum Gasteiger partial charge on any atom is 0.0424 e. The summed E-state index contributed by atoms with van der Waals surface area (Å²) in [4.78, 5) is 4.09. The second-order valence-corrected chi connectivity index (χ2v) is 4.46. The summed E-state index contributed by atoms with van der Waals surface area (Å²) < 4.78 is 0. The van der Waals surface area contributed by atoms with Gasteiger partial charge in [-0.05, 0) is 30.5 Å². The van der Waals surface area contributed by atoms with Gasteiger partial charge in [-0.1, -0.05) is 30.3 Å². The number of aromatic nitrogens is 1. The van der Waals surface area contributed by atoms with Crippen molar-refractivity contribution in [3.05, 3.63) is 59.9 Å². The van der Waals surface area contributed by atoms with Gasteiger partial charge in [0.1, 0.15) is 0 Å². The minimum absolute atomic E-state index is 0.244. The zero-order valence-electron chi connectivity index (χ0n) is 10.6. The van der Waals surface area contributed by atoms with Crippen LogP contribution in [0.15, 0.2) is 48.8 Å². The number of benzene rings is 1.